The highest BCUT2D eigenvalue weighted by Gasteiger charge is 2.15. The third-order valence-electron chi connectivity index (χ3n) is 3.17. The second kappa shape index (κ2) is 5.68. The first kappa shape index (κ1) is 15.0. The number of imidazole rings is 1. The highest BCUT2D eigenvalue weighted by Crippen LogP contribution is 2.30. The van der Waals surface area contributed by atoms with Crippen molar-refractivity contribution < 1.29 is 18.0 Å². The molecule has 1 amide bonds. The third kappa shape index (κ3) is 3.13. The summed E-state index contributed by atoms with van der Waals surface area (Å²) in [5, 5.41) is 2.54. The van der Waals surface area contributed by atoms with E-state index in [1.165, 1.54) is 19.1 Å². The number of halogens is 2. The predicted molar refractivity (Wildman–Crippen MR) is 80.7 cm³/mol. The number of hydrogen-bond donors (Lipinski definition) is 2. The standard InChI is InChI=1S/C16H13F2N3O2/c1-8-15(21-16(19-8)20-9(2)22)14-4-3-13(23-14)10-5-11(17)7-12(18)6-10/h3-7H,1-2H3,(H2,19,20,21,22). The fourth-order valence-electron chi connectivity index (χ4n) is 2.24. The van der Waals surface area contributed by atoms with Crippen LogP contribution in [0, 0.1) is 18.6 Å². The van der Waals surface area contributed by atoms with Crippen molar-refractivity contribution in [2.24, 2.45) is 0 Å². The van der Waals surface area contributed by atoms with E-state index in [9.17, 15) is 13.6 Å². The van der Waals surface area contributed by atoms with Crippen LogP contribution in [0.2, 0.25) is 0 Å². The van der Waals surface area contributed by atoms with Crippen LogP contribution in [0.3, 0.4) is 0 Å². The molecule has 1 aromatic carbocycles. The molecule has 118 valence electrons. The Morgan fingerprint density at radius 1 is 1.17 bits per heavy atom. The first-order valence-corrected chi connectivity index (χ1v) is 6.83. The van der Waals surface area contributed by atoms with Gasteiger partial charge < -0.3 is 9.40 Å². The van der Waals surface area contributed by atoms with Gasteiger partial charge in [-0.05, 0) is 31.2 Å². The number of nitrogens with zero attached hydrogens (tertiary/aromatic N) is 1. The van der Waals surface area contributed by atoms with Crippen molar-refractivity contribution in [1.82, 2.24) is 9.97 Å². The minimum absolute atomic E-state index is 0.249. The van der Waals surface area contributed by atoms with Gasteiger partial charge in [-0.3, -0.25) is 10.1 Å². The molecule has 0 aliphatic heterocycles. The van der Waals surface area contributed by atoms with Crippen LogP contribution in [-0.4, -0.2) is 15.9 Å². The van der Waals surface area contributed by atoms with Crippen LogP contribution < -0.4 is 5.32 Å². The Kier molecular flexibility index (Phi) is 3.69. The van der Waals surface area contributed by atoms with Crippen LogP contribution in [0.25, 0.3) is 22.8 Å². The number of carbonyl (C=O) groups is 1. The van der Waals surface area contributed by atoms with Gasteiger partial charge in [-0.2, -0.15) is 0 Å². The number of rotatable bonds is 3. The van der Waals surface area contributed by atoms with Crippen molar-refractivity contribution in [2.75, 3.05) is 5.32 Å². The zero-order valence-corrected chi connectivity index (χ0v) is 12.4. The number of aryl methyl sites for hydroxylation is 1. The first-order valence-electron chi connectivity index (χ1n) is 6.83. The van der Waals surface area contributed by atoms with Crippen molar-refractivity contribution in [3.63, 3.8) is 0 Å². The maximum Gasteiger partial charge on any atom is 0.223 e. The monoisotopic (exact) mass is 317 g/mol. The number of H-pyrrole nitrogens is 1. The Hall–Kier alpha value is -2.96. The molecule has 0 fully saturated rings. The van der Waals surface area contributed by atoms with Crippen LogP contribution in [-0.2, 0) is 4.79 Å². The molecule has 7 heteroatoms. The molecule has 3 rings (SSSR count). The minimum atomic E-state index is -0.679. The van der Waals surface area contributed by atoms with Crippen molar-refractivity contribution in [3.05, 3.63) is 47.7 Å². The molecule has 0 bridgehead atoms. The molecule has 5 nitrogen and oxygen atoms in total. The number of benzene rings is 1. The summed E-state index contributed by atoms with van der Waals surface area (Å²) < 4.78 is 32.2. The smallest absolute Gasteiger partial charge is 0.223 e. The number of amides is 1. The highest BCUT2D eigenvalue weighted by atomic mass is 19.1. The molecule has 3 aromatic rings. The number of furan rings is 1. The summed E-state index contributed by atoms with van der Waals surface area (Å²) in [6.45, 7) is 3.15. The molecular formula is C16H13F2N3O2. The van der Waals surface area contributed by atoms with Crippen LogP contribution in [0.1, 0.15) is 12.6 Å². The summed E-state index contributed by atoms with van der Waals surface area (Å²) in [5.74, 6) is -0.555. The molecule has 0 radical (unpaired) electrons. The van der Waals surface area contributed by atoms with Crippen molar-refractivity contribution in [1.29, 1.82) is 0 Å². The van der Waals surface area contributed by atoms with Gasteiger partial charge in [0.2, 0.25) is 11.9 Å². The molecule has 0 aliphatic rings. The normalized spacial score (nSPS) is 10.8. The first-order chi connectivity index (χ1) is 10.9. The molecule has 0 spiro atoms. The van der Waals surface area contributed by atoms with E-state index in [1.54, 1.807) is 19.1 Å². The Balaban J connectivity index is 1.96. The summed E-state index contributed by atoms with van der Waals surface area (Å²) in [6.07, 6.45) is 0. The molecule has 0 aliphatic carbocycles. The van der Waals surface area contributed by atoms with E-state index in [1.807, 2.05) is 0 Å². The SMILES string of the molecule is CC(=O)Nc1nc(-c2ccc(-c3cc(F)cc(F)c3)o2)c(C)[nH]1. The van der Waals surface area contributed by atoms with Gasteiger partial charge in [0, 0.05) is 24.2 Å². The fraction of sp³-hybridized carbons (Fsp3) is 0.125. The largest absolute Gasteiger partial charge is 0.454 e. The number of carbonyl (C=O) groups excluding carboxylic acids is 1. The lowest BCUT2D eigenvalue weighted by atomic mass is 10.1. The topological polar surface area (TPSA) is 70.9 Å². The molecule has 0 unspecified atom stereocenters. The van der Waals surface area contributed by atoms with E-state index in [0.29, 0.717) is 34.4 Å². The average molecular weight is 317 g/mol. The molecule has 2 N–H and O–H groups in total. The molecule has 0 atom stereocenters. The average Bonchev–Trinajstić information content (AvgIpc) is 3.03. The summed E-state index contributed by atoms with van der Waals surface area (Å²) in [5.41, 5.74) is 1.50. The summed E-state index contributed by atoms with van der Waals surface area (Å²) in [6, 6.07) is 6.43. The predicted octanol–water partition coefficient (Wildman–Crippen LogP) is 3.88. The second-order valence-electron chi connectivity index (χ2n) is 5.06. The molecular weight excluding hydrogens is 304 g/mol. The molecule has 2 aromatic heterocycles. The van der Waals surface area contributed by atoms with Gasteiger partial charge in [0.25, 0.3) is 0 Å². The molecule has 2 heterocycles. The van der Waals surface area contributed by atoms with Gasteiger partial charge in [0.1, 0.15) is 23.1 Å². The van der Waals surface area contributed by atoms with E-state index in [0.717, 1.165) is 6.07 Å². The number of anilines is 1. The van der Waals surface area contributed by atoms with Crippen LogP contribution >= 0.6 is 0 Å². The third-order valence-corrected chi connectivity index (χ3v) is 3.17. The van der Waals surface area contributed by atoms with Crippen molar-refractivity contribution in [3.8, 4) is 22.8 Å². The van der Waals surface area contributed by atoms with E-state index < -0.39 is 11.6 Å². The summed E-state index contributed by atoms with van der Waals surface area (Å²) >= 11 is 0. The van der Waals surface area contributed by atoms with Crippen LogP contribution in [0.15, 0.2) is 34.7 Å². The lowest BCUT2D eigenvalue weighted by Crippen LogP contribution is -2.06. The van der Waals surface area contributed by atoms with Crippen LogP contribution in [0.4, 0.5) is 14.7 Å². The van der Waals surface area contributed by atoms with E-state index in [2.05, 4.69) is 15.3 Å². The van der Waals surface area contributed by atoms with Crippen LogP contribution in [0.5, 0.6) is 0 Å². The Morgan fingerprint density at radius 2 is 1.83 bits per heavy atom. The second-order valence-corrected chi connectivity index (χ2v) is 5.06. The molecule has 23 heavy (non-hydrogen) atoms. The minimum Gasteiger partial charge on any atom is -0.454 e. The zero-order chi connectivity index (χ0) is 16.6. The van der Waals surface area contributed by atoms with Gasteiger partial charge >= 0.3 is 0 Å². The Bertz CT molecular complexity index is 863. The molecule has 0 saturated carbocycles. The van der Waals surface area contributed by atoms with Gasteiger partial charge in [0.05, 0.1) is 0 Å². The quantitative estimate of drug-likeness (QED) is 0.770. The maximum atomic E-state index is 13.3. The zero-order valence-electron chi connectivity index (χ0n) is 12.4. The van der Waals surface area contributed by atoms with E-state index in [4.69, 9.17) is 4.42 Å². The van der Waals surface area contributed by atoms with Gasteiger partial charge in [-0.25, -0.2) is 13.8 Å². The van der Waals surface area contributed by atoms with Gasteiger partial charge in [-0.1, -0.05) is 0 Å². The number of aromatic nitrogens is 2. The van der Waals surface area contributed by atoms with E-state index >= 15 is 0 Å². The lowest BCUT2D eigenvalue weighted by Gasteiger charge is -1.98. The van der Waals surface area contributed by atoms with Gasteiger partial charge in [-0.15, -0.1) is 0 Å². The molecule has 0 saturated heterocycles. The van der Waals surface area contributed by atoms with Gasteiger partial charge in [0.15, 0.2) is 5.76 Å². The fourth-order valence-corrected chi connectivity index (χ4v) is 2.24. The van der Waals surface area contributed by atoms with Crippen molar-refractivity contribution >= 4 is 11.9 Å². The number of hydrogen-bond acceptors (Lipinski definition) is 3. The maximum absolute atomic E-state index is 13.3. The summed E-state index contributed by atoms with van der Waals surface area (Å²) in [4.78, 5) is 18.2. The number of nitrogens with one attached hydrogen (secondary N) is 2. The van der Waals surface area contributed by atoms with E-state index in [-0.39, 0.29) is 5.91 Å². The summed E-state index contributed by atoms with van der Waals surface area (Å²) in [7, 11) is 0. The Morgan fingerprint density at radius 3 is 2.48 bits per heavy atom. The highest BCUT2D eigenvalue weighted by molar-refractivity contribution is 5.87. The number of aromatic amines is 1. The Labute approximate surface area is 130 Å². The van der Waals surface area contributed by atoms with Crippen molar-refractivity contribution in [2.45, 2.75) is 13.8 Å². The lowest BCUT2D eigenvalue weighted by molar-refractivity contribution is -0.114.